The summed E-state index contributed by atoms with van der Waals surface area (Å²) in [6.45, 7) is 2.18. The van der Waals surface area contributed by atoms with E-state index in [1.54, 1.807) is 36.4 Å². The Morgan fingerprint density at radius 1 is 0.973 bits per heavy atom. The van der Waals surface area contributed by atoms with E-state index >= 15 is 0 Å². The molecular weight excluding hydrogens is 515 g/mol. The van der Waals surface area contributed by atoms with Crippen LogP contribution in [0.25, 0.3) is 5.76 Å². The number of carbonyl (C=O) groups is 2. The maximum Gasteiger partial charge on any atom is 0.300 e. The summed E-state index contributed by atoms with van der Waals surface area (Å²) >= 11 is 12.6. The summed E-state index contributed by atoms with van der Waals surface area (Å²) in [5.74, 6) is -1.16. The summed E-state index contributed by atoms with van der Waals surface area (Å²) in [7, 11) is 5.32. The molecule has 1 amide bonds. The number of methoxy groups -OCH3 is 1. The molecule has 0 saturated carbocycles. The molecule has 7 nitrogen and oxygen atoms in total. The second kappa shape index (κ2) is 10.7. The molecule has 1 atom stereocenters. The first-order valence-corrected chi connectivity index (χ1v) is 12.3. The average Bonchev–Trinajstić information content (AvgIpc) is 3.15. The quantitative estimate of drug-likeness (QED) is 0.222. The minimum Gasteiger partial charge on any atom is -0.507 e. The fourth-order valence-corrected chi connectivity index (χ4v) is 4.67. The normalized spacial score (nSPS) is 16.7. The molecule has 3 aromatic rings. The van der Waals surface area contributed by atoms with Crippen molar-refractivity contribution >= 4 is 52.0 Å². The van der Waals surface area contributed by atoms with Crippen LogP contribution in [0.4, 0.5) is 11.4 Å². The Balaban J connectivity index is 1.93. The largest absolute Gasteiger partial charge is 0.507 e. The Labute approximate surface area is 225 Å². The van der Waals surface area contributed by atoms with E-state index in [1.165, 1.54) is 12.0 Å². The molecule has 0 bridgehead atoms. The molecule has 0 aliphatic carbocycles. The first-order valence-electron chi connectivity index (χ1n) is 11.5. The Morgan fingerprint density at radius 2 is 1.68 bits per heavy atom. The lowest BCUT2D eigenvalue weighted by molar-refractivity contribution is -0.132. The number of ketones is 1. The molecule has 37 heavy (non-hydrogen) atoms. The summed E-state index contributed by atoms with van der Waals surface area (Å²) in [6, 6.07) is 16.0. The Hall–Kier alpha value is -3.68. The van der Waals surface area contributed by atoms with Gasteiger partial charge in [0.05, 0.1) is 35.4 Å². The van der Waals surface area contributed by atoms with Gasteiger partial charge in [0.25, 0.3) is 11.7 Å². The maximum absolute atomic E-state index is 13.4. The van der Waals surface area contributed by atoms with E-state index in [1.807, 2.05) is 50.2 Å². The van der Waals surface area contributed by atoms with Gasteiger partial charge in [0, 0.05) is 31.0 Å². The van der Waals surface area contributed by atoms with Crippen LogP contribution >= 0.6 is 23.2 Å². The van der Waals surface area contributed by atoms with Gasteiger partial charge in [0.2, 0.25) is 0 Å². The van der Waals surface area contributed by atoms with Gasteiger partial charge in [-0.1, -0.05) is 35.3 Å². The molecule has 1 unspecified atom stereocenters. The third-order valence-electron chi connectivity index (χ3n) is 6.09. The number of benzene rings is 3. The van der Waals surface area contributed by atoms with E-state index < -0.39 is 17.7 Å². The van der Waals surface area contributed by atoms with Gasteiger partial charge < -0.3 is 19.5 Å². The number of carbonyl (C=O) groups excluding carboxylic acids is 2. The van der Waals surface area contributed by atoms with E-state index in [0.717, 1.165) is 5.69 Å². The molecule has 1 heterocycles. The minimum absolute atomic E-state index is 0.0562. The van der Waals surface area contributed by atoms with Crippen molar-refractivity contribution in [2.75, 3.05) is 37.6 Å². The highest BCUT2D eigenvalue weighted by Gasteiger charge is 2.47. The highest BCUT2D eigenvalue weighted by atomic mass is 35.5. The van der Waals surface area contributed by atoms with E-state index in [0.29, 0.717) is 39.9 Å². The van der Waals surface area contributed by atoms with Gasteiger partial charge in [-0.05, 0) is 61.0 Å². The minimum atomic E-state index is -0.910. The Bertz CT molecular complexity index is 1390. The zero-order valence-electron chi connectivity index (χ0n) is 20.8. The van der Waals surface area contributed by atoms with Gasteiger partial charge in [-0.25, -0.2) is 0 Å². The monoisotopic (exact) mass is 540 g/mol. The van der Waals surface area contributed by atoms with E-state index in [9.17, 15) is 14.7 Å². The lowest BCUT2D eigenvalue weighted by Gasteiger charge is -2.26. The van der Waals surface area contributed by atoms with Crippen LogP contribution in [0, 0.1) is 0 Å². The van der Waals surface area contributed by atoms with Crippen molar-refractivity contribution in [3.8, 4) is 11.5 Å². The van der Waals surface area contributed by atoms with Gasteiger partial charge >= 0.3 is 0 Å². The molecule has 1 N–H and O–H groups in total. The van der Waals surface area contributed by atoms with Crippen molar-refractivity contribution in [2.45, 2.75) is 13.0 Å². The fourth-order valence-electron chi connectivity index (χ4n) is 4.25. The Morgan fingerprint density at radius 3 is 2.27 bits per heavy atom. The molecule has 3 aromatic carbocycles. The lowest BCUT2D eigenvalue weighted by atomic mass is 9.94. The number of amides is 1. The topological polar surface area (TPSA) is 79.3 Å². The smallest absolute Gasteiger partial charge is 0.300 e. The number of aliphatic hydroxyl groups excluding tert-OH is 1. The van der Waals surface area contributed by atoms with Crippen molar-refractivity contribution in [3.63, 3.8) is 0 Å². The van der Waals surface area contributed by atoms with Crippen molar-refractivity contribution in [2.24, 2.45) is 0 Å². The molecule has 1 aliphatic rings. The van der Waals surface area contributed by atoms with Crippen molar-refractivity contribution in [3.05, 3.63) is 87.4 Å². The predicted octanol–water partition coefficient (Wildman–Crippen LogP) is 6.09. The van der Waals surface area contributed by atoms with E-state index in [2.05, 4.69) is 0 Å². The van der Waals surface area contributed by atoms with Crippen LogP contribution in [0.2, 0.25) is 10.0 Å². The first-order chi connectivity index (χ1) is 17.7. The third kappa shape index (κ3) is 4.97. The molecule has 0 radical (unpaired) electrons. The number of hydrogen-bond donors (Lipinski definition) is 1. The number of Topliss-reactive ketones (excluding diaryl/α,β-unsaturated/α-hetero) is 1. The van der Waals surface area contributed by atoms with Crippen LogP contribution < -0.4 is 19.3 Å². The molecule has 1 aliphatic heterocycles. The zero-order chi connectivity index (χ0) is 26.9. The van der Waals surface area contributed by atoms with E-state index in [-0.39, 0.29) is 16.4 Å². The fraction of sp³-hybridized carbons (Fsp3) is 0.214. The molecular formula is C28H26Cl2N2O5. The SMILES string of the molecule is CCOc1cc(/C(O)=C2\C(=O)C(=O)N(c3ccc(OC)c(Cl)c3)C2c2ccc(N(C)C)cc2)ccc1Cl. The summed E-state index contributed by atoms with van der Waals surface area (Å²) in [5.41, 5.74) is 2.21. The van der Waals surface area contributed by atoms with Gasteiger partial charge in [-0.15, -0.1) is 0 Å². The summed E-state index contributed by atoms with van der Waals surface area (Å²) < 4.78 is 10.8. The van der Waals surface area contributed by atoms with Crippen molar-refractivity contribution < 1.29 is 24.2 Å². The van der Waals surface area contributed by atoms with Gasteiger partial charge in [-0.2, -0.15) is 0 Å². The highest BCUT2D eigenvalue weighted by molar-refractivity contribution is 6.52. The Kier molecular flexibility index (Phi) is 7.66. The number of nitrogens with zero attached hydrogens (tertiary/aromatic N) is 2. The number of aliphatic hydroxyl groups is 1. The molecule has 0 spiro atoms. The predicted molar refractivity (Wildman–Crippen MR) is 146 cm³/mol. The molecule has 192 valence electrons. The van der Waals surface area contributed by atoms with Gasteiger partial charge in [0.15, 0.2) is 0 Å². The number of halogens is 2. The summed E-state index contributed by atoms with van der Waals surface area (Å²) in [4.78, 5) is 30.1. The standard InChI is InChI=1S/C28H26Cl2N2O5/c1-5-37-23-14-17(8-12-20(23)29)26(33)24-25(16-6-9-18(10-7-16)31(2)3)32(28(35)27(24)34)19-11-13-22(36-4)21(30)15-19/h6-15,25,33H,5H2,1-4H3/b26-24+. The molecule has 1 fully saturated rings. The first kappa shape index (κ1) is 26.4. The van der Waals surface area contributed by atoms with E-state index in [4.69, 9.17) is 32.7 Å². The molecule has 9 heteroatoms. The summed E-state index contributed by atoms with van der Waals surface area (Å²) in [6.07, 6.45) is 0. The van der Waals surface area contributed by atoms with Crippen LogP contribution in [-0.2, 0) is 9.59 Å². The number of rotatable bonds is 7. The van der Waals surface area contributed by atoms with Gasteiger partial charge in [0.1, 0.15) is 17.3 Å². The molecule has 1 saturated heterocycles. The van der Waals surface area contributed by atoms with Crippen LogP contribution in [0.3, 0.4) is 0 Å². The number of hydrogen-bond acceptors (Lipinski definition) is 6. The molecule has 0 aromatic heterocycles. The number of anilines is 2. The lowest BCUT2D eigenvalue weighted by Crippen LogP contribution is -2.29. The van der Waals surface area contributed by atoms with Crippen molar-refractivity contribution in [1.82, 2.24) is 0 Å². The second-order valence-corrected chi connectivity index (χ2v) is 9.37. The number of ether oxygens (including phenoxy) is 2. The summed E-state index contributed by atoms with van der Waals surface area (Å²) in [5, 5.41) is 12.0. The van der Waals surface area contributed by atoms with Crippen LogP contribution in [-0.4, -0.2) is 44.6 Å². The van der Waals surface area contributed by atoms with Crippen molar-refractivity contribution in [1.29, 1.82) is 0 Å². The molecule has 4 rings (SSSR count). The van der Waals surface area contributed by atoms with Crippen LogP contribution in [0.5, 0.6) is 11.5 Å². The average molecular weight is 541 g/mol. The van der Waals surface area contributed by atoms with Crippen LogP contribution in [0.1, 0.15) is 24.1 Å². The maximum atomic E-state index is 13.4. The highest BCUT2D eigenvalue weighted by Crippen LogP contribution is 2.44. The second-order valence-electron chi connectivity index (χ2n) is 8.55. The zero-order valence-corrected chi connectivity index (χ0v) is 22.3. The van der Waals surface area contributed by atoms with Crippen LogP contribution in [0.15, 0.2) is 66.2 Å². The van der Waals surface area contributed by atoms with Gasteiger partial charge in [-0.3, -0.25) is 14.5 Å². The third-order valence-corrected chi connectivity index (χ3v) is 6.70.